The molecular weight excluding hydrogens is 348 g/mol. The highest BCUT2D eigenvalue weighted by molar-refractivity contribution is 6.42. The van der Waals surface area contributed by atoms with E-state index < -0.39 is 0 Å². The average molecular weight is 363 g/mol. The molecule has 0 bridgehead atoms. The van der Waals surface area contributed by atoms with Crippen LogP contribution in [0.1, 0.15) is 18.9 Å². The van der Waals surface area contributed by atoms with Crippen LogP contribution in [0.25, 0.3) is 11.1 Å². The second-order valence-corrected chi connectivity index (χ2v) is 6.41. The first-order valence-electron chi connectivity index (χ1n) is 6.67. The lowest BCUT2D eigenvalue weighted by Gasteiger charge is -2.14. The monoisotopic (exact) mass is 361 g/mol. The molecule has 0 aliphatic rings. The third-order valence-corrected chi connectivity index (χ3v) is 4.14. The van der Waals surface area contributed by atoms with E-state index in [1.807, 2.05) is 18.2 Å². The van der Waals surface area contributed by atoms with Crippen molar-refractivity contribution in [1.82, 2.24) is 5.32 Å². The predicted octanol–water partition coefficient (Wildman–Crippen LogP) is 6.47. The normalized spacial score (nSPS) is 10.9. The fourth-order valence-electron chi connectivity index (χ4n) is 2.13. The van der Waals surface area contributed by atoms with Crippen LogP contribution < -0.4 is 5.32 Å². The molecule has 0 saturated carbocycles. The van der Waals surface area contributed by atoms with E-state index in [2.05, 4.69) is 12.2 Å². The zero-order valence-corrected chi connectivity index (χ0v) is 14.5. The molecule has 0 unspecified atom stereocenters. The lowest BCUT2D eigenvalue weighted by molar-refractivity contribution is 0.676. The predicted molar refractivity (Wildman–Crippen MR) is 93.9 cm³/mol. The molecule has 0 radical (unpaired) electrons. The van der Waals surface area contributed by atoms with E-state index in [1.54, 1.807) is 12.1 Å². The quantitative estimate of drug-likeness (QED) is 0.601. The van der Waals surface area contributed by atoms with Crippen LogP contribution in [0.3, 0.4) is 0 Å². The van der Waals surface area contributed by atoms with E-state index in [4.69, 9.17) is 46.4 Å². The Kier molecular flexibility index (Phi) is 6.21. The number of hydrogen-bond donors (Lipinski definition) is 1. The summed E-state index contributed by atoms with van der Waals surface area (Å²) in [6, 6.07) is 9.11. The Morgan fingerprint density at radius 2 is 1.57 bits per heavy atom. The molecule has 2 aromatic carbocycles. The lowest BCUT2D eigenvalue weighted by Crippen LogP contribution is -2.14. The highest BCUT2D eigenvalue weighted by atomic mass is 35.5. The number of benzene rings is 2. The Morgan fingerprint density at radius 1 is 0.905 bits per heavy atom. The molecule has 0 spiro atoms. The van der Waals surface area contributed by atoms with Crippen LogP contribution in [0.5, 0.6) is 0 Å². The van der Waals surface area contributed by atoms with Crippen LogP contribution in [0.15, 0.2) is 30.3 Å². The van der Waals surface area contributed by atoms with E-state index in [-0.39, 0.29) is 0 Å². The minimum atomic E-state index is 0.515. The first-order chi connectivity index (χ1) is 10.0. The van der Waals surface area contributed by atoms with Gasteiger partial charge in [0.2, 0.25) is 0 Å². The largest absolute Gasteiger partial charge is 0.313 e. The molecule has 0 fully saturated rings. The second-order valence-electron chi connectivity index (χ2n) is 4.72. The molecule has 0 amide bonds. The third kappa shape index (κ3) is 4.28. The molecule has 0 atom stereocenters. The van der Waals surface area contributed by atoms with Gasteiger partial charge >= 0.3 is 0 Å². The van der Waals surface area contributed by atoms with Crippen LogP contribution in [-0.2, 0) is 6.54 Å². The molecular formula is C16H15Cl4N. The number of rotatable bonds is 5. The van der Waals surface area contributed by atoms with E-state index in [0.29, 0.717) is 20.1 Å². The van der Waals surface area contributed by atoms with Gasteiger partial charge in [-0.25, -0.2) is 0 Å². The molecule has 2 rings (SSSR count). The van der Waals surface area contributed by atoms with Gasteiger partial charge in [-0.3, -0.25) is 0 Å². The van der Waals surface area contributed by atoms with Crippen molar-refractivity contribution >= 4 is 46.4 Å². The summed E-state index contributed by atoms with van der Waals surface area (Å²) in [4.78, 5) is 0. The van der Waals surface area contributed by atoms with Crippen LogP contribution in [-0.4, -0.2) is 6.54 Å². The van der Waals surface area contributed by atoms with Crippen molar-refractivity contribution in [1.29, 1.82) is 0 Å². The highest BCUT2D eigenvalue weighted by Gasteiger charge is 2.14. The maximum atomic E-state index is 6.32. The van der Waals surface area contributed by atoms with Crippen LogP contribution in [0.4, 0.5) is 0 Å². The van der Waals surface area contributed by atoms with Gasteiger partial charge in [-0.05, 0) is 48.4 Å². The van der Waals surface area contributed by atoms with Gasteiger partial charge in [0.25, 0.3) is 0 Å². The summed E-state index contributed by atoms with van der Waals surface area (Å²) in [6.07, 6.45) is 1.07. The Morgan fingerprint density at radius 3 is 2.19 bits per heavy atom. The number of halogens is 4. The number of nitrogens with one attached hydrogen (secondary N) is 1. The maximum absolute atomic E-state index is 6.32. The fourth-order valence-corrected chi connectivity index (χ4v) is 3.33. The fraction of sp³-hybridized carbons (Fsp3) is 0.250. The Labute approximate surface area is 145 Å². The molecule has 1 N–H and O–H groups in total. The molecule has 0 heterocycles. The molecule has 0 aromatic heterocycles. The van der Waals surface area contributed by atoms with Crippen molar-refractivity contribution < 1.29 is 0 Å². The minimum Gasteiger partial charge on any atom is -0.313 e. The zero-order valence-electron chi connectivity index (χ0n) is 11.5. The molecule has 21 heavy (non-hydrogen) atoms. The first-order valence-corrected chi connectivity index (χ1v) is 8.18. The summed E-state index contributed by atoms with van der Waals surface area (Å²) in [5, 5.41) is 5.58. The molecule has 112 valence electrons. The Balaban J connectivity index is 2.49. The third-order valence-electron chi connectivity index (χ3n) is 3.09. The van der Waals surface area contributed by atoms with Crippen molar-refractivity contribution in [3.05, 3.63) is 56.0 Å². The van der Waals surface area contributed by atoms with Crippen LogP contribution in [0, 0.1) is 0 Å². The first kappa shape index (κ1) is 16.9. The second kappa shape index (κ2) is 7.71. The summed E-state index contributed by atoms with van der Waals surface area (Å²) in [5.41, 5.74) is 2.79. The topological polar surface area (TPSA) is 12.0 Å². The van der Waals surface area contributed by atoms with Crippen molar-refractivity contribution in [2.24, 2.45) is 0 Å². The van der Waals surface area contributed by atoms with Gasteiger partial charge in [-0.1, -0.05) is 59.4 Å². The number of hydrogen-bond acceptors (Lipinski definition) is 1. The Hall–Kier alpha value is -0.440. The minimum absolute atomic E-state index is 0.515. The summed E-state index contributed by atoms with van der Waals surface area (Å²) in [5.74, 6) is 0. The van der Waals surface area contributed by atoms with Gasteiger partial charge in [-0.2, -0.15) is 0 Å². The average Bonchev–Trinajstić information content (AvgIpc) is 2.40. The zero-order chi connectivity index (χ0) is 15.4. The molecule has 0 aliphatic carbocycles. The summed E-state index contributed by atoms with van der Waals surface area (Å²) in [6.45, 7) is 3.81. The van der Waals surface area contributed by atoms with Gasteiger partial charge in [0.15, 0.2) is 0 Å². The standard InChI is InChI=1S/C16H15Cl4N/c1-2-5-21-9-10-3-4-11(17)6-13(10)16-14(19)7-12(18)8-15(16)20/h3-4,6-8,21H,2,5,9H2,1H3. The summed E-state index contributed by atoms with van der Waals surface area (Å²) < 4.78 is 0. The SMILES string of the molecule is CCCNCc1ccc(Cl)cc1-c1c(Cl)cc(Cl)cc1Cl. The smallest absolute Gasteiger partial charge is 0.0514 e. The Bertz CT molecular complexity index is 617. The molecule has 0 saturated heterocycles. The van der Waals surface area contributed by atoms with E-state index in [1.165, 1.54) is 0 Å². The van der Waals surface area contributed by atoms with Crippen molar-refractivity contribution in [3.63, 3.8) is 0 Å². The lowest BCUT2D eigenvalue weighted by atomic mass is 9.99. The van der Waals surface area contributed by atoms with Gasteiger partial charge in [-0.15, -0.1) is 0 Å². The van der Waals surface area contributed by atoms with Crippen molar-refractivity contribution in [3.8, 4) is 11.1 Å². The van der Waals surface area contributed by atoms with Gasteiger partial charge in [0.1, 0.15) is 0 Å². The van der Waals surface area contributed by atoms with Gasteiger partial charge in [0, 0.05) is 22.2 Å². The molecule has 1 nitrogen and oxygen atoms in total. The van der Waals surface area contributed by atoms with Crippen LogP contribution in [0.2, 0.25) is 20.1 Å². The maximum Gasteiger partial charge on any atom is 0.0514 e. The van der Waals surface area contributed by atoms with E-state index in [0.717, 1.165) is 36.2 Å². The van der Waals surface area contributed by atoms with Gasteiger partial charge in [0.05, 0.1) is 10.0 Å². The van der Waals surface area contributed by atoms with Crippen molar-refractivity contribution in [2.75, 3.05) is 6.54 Å². The molecule has 2 aromatic rings. The van der Waals surface area contributed by atoms with E-state index >= 15 is 0 Å². The van der Waals surface area contributed by atoms with Crippen molar-refractivity contribution in [2.45, 2.75) is 19.9 Å². The molecule has 0 aliphatic heterocycles. The van der Waals surface area contributed by atoms with Gasteiger partial charge < -0.3 is 5.32 Å². The summed E-state index contributed by atoms with van der Waals surface area (Å²) in [7, 11) is 0. The summed E-state index contributed by atoms with van der Waals surface area (Å²) >= 11 is 24.8. The van der Waals surface area contributed by atoms with E-state index in [9.17, 15) is 0 Å². The molecule has 5 heteroatoms. The van der Waals surface area contributed by atoms with Crippen LogP contribution >= 0.6 is 46.4 Å². The highest BCUT2D eigenvalue weighted by Crippen LogP contribution is 2.39.